The topological polar surface area (TPSA) is 39.1 Å². The zero-order chi connectivity index (χ0) is 14.0. The molecule has 6 heteroatoms. The van der Waals surface area contributed by atoms with Crippen molar-refractivity contribution in [3.8, 4) is 0 Å². The summed E-state index contributed by atoms with van der Waals surface area (Å²) in [7, 11) is 0. The van der Waals surface area contributed by atoms with Gasteiger partial charge in [0.15, 0.2) is 5.78 Å². The van der Waals surface area contributed by atoms with Crippen molar-refractivity contribution in [3.05, 3.63) is 65.9 Å². The van der Waals surface area contributed by atoms with Crippen LogP contribution >= 0.6 is 47.8 Å². The Bertz CT molecular complexity index is 677. The summed E-state index contributed by atoms with van der Waals surface area (Å²) in [6.45, 7) is 0.0124. The van der Waals surface area contributed by atoms with Gasteiger partial charge in [-0.15, -0.1) is 0 Å². The van der Waals surface area contributed by atoms with Crippen LogP contribution in [0.4, 0.5) is 0 Å². The number of halogens is 3. The van der Waals surface area contributed by atoms with Crippen LogP contribution in [-0.4, -0.2) is 10.4 Å². The highest BCUT2D eigenvalue weighted by atomic mass is 79.9. The predicted molar refractivity (Wildman–Crippen MR) is 84.6 cm³/mol. The largest absolute Gasteiger partial charge is 0.306 e. The maximum Gasteiger partial charge on any atom is 0.265 e. The van der Waals surface area contributed by atoms with Crippen molar-refractivity contribution >= 4 is 53.6 Å². The monoisotopic (exact) mass is 447 g/mol. The van der Waals surface area contributed by atoms with Gasteiger partial charge in [-0.05, 0) is 50.1 Å². The molecule has 1 aromatic carbocycles. The number of carbonyl (C=O) groups is 1. The van der Waals surface area contributed by atoms with E-state index in [-0.39, 0.29) is 17.9 Å². The smallest absolute Gasteiger partial charge is 0.265 e. The van der Waals surface area contributed by atoms with Crippen molar-refractivity contribution in [1.29, 1.82) is 0 Å². The zero-order valence-corrected chi connectivity index (χ0v) is 14.3. The standard InChI is InChI=1S/C13H8Br3NO2/c14-9-3-1-8(2-4-9)12(18)7-17-6-10(15)5-11(16)13(17)19/h1-6H,7H2. The van der Waals surface area contributed by atoms with E-state index in [1.54, 1.807) is 36.5 Å². The minimum Gasteiger partial charge on any atom is -0.306 e. The number of ketones is 1. The Hall–Kier alpha value is -0.720. The number of hydrogen-bond acceptors (Lipinski definition) is 2. The first-order valence-corrected chi connectivity index (χ1v) is 7.69. The zero-order valence-electron chi connectivity index (χ0n) is 9.57. The number of benzene rings is 1. The maximum absolute atomic E-state index is 12.1. The number of nitrogens with zero attached hydrogens (tertiary/aromatic N) is 1. The third-order valence-electron chi connectivity index (χ3n) is 2.49. The molecule has 0 unspecified atom stereocenters. The van der Waals surface area contributed by atoms with Crippen LogP contribution in [0.1, 0.15) is 10.4 Å². The second-order valence-electron chi connectivity index (χ2n) is 3.87. The quantitative estimate of drug-likeness (QED) is 0.664. The van der Waals surface area contributed by atoms with Crippen LogP contribution in [0.2, 0.25) is 0 Å². The molecular formula is C13H8Br3NO2. The molecule has 0 atom stereocenters. The van der Waals surface area contributed by atoms with E-state index < -0.39 is 0 Å². The van der Waals surface area contributed by atoms with E-state index in [0.29, 0.717) is 10.0 Å². The molecule has 98 valence electrons. The summed E-state index contributed by atoms with van der Waals surface area (Å²) in [5, 5.41) is 0. The second kappa shape index (κ2) is 6.15. The Morgan fingerprint density at radius 1 is 1.05 bits per heavy atom. The fraction of sp³-hybridized carbons (Fsp3) is 0.0769. The lowest BCUT2D eigenvalue weighted by atomic mass is 10.1. The van der Waals surface area contributed by atoms with Crippen molar-refractivity contribution in [3.63, 3.8) is 0 Å². The van der Waals surface area contributed by atoms with E-state index in [1.807, 2.05) is 0 Å². The van der Waals surface area contributed by atoms with Gasteiger partial charge < -0.3 is 4.57 Å². The van der Waals surface area contributed by atoms with E-state index in [0.717, 1.165) is 8.95 Å². The Labute approximate surface area is 135 Å². The average Bonchev–Trinajstić information content (AvgIpc) is 2.36. The first-order chi connectivity index (χ1) is 8.97. The lowest BCUT2D eigenvalue weighted by Gasteiger charge is -2.06. The van der Waals surface area contributed by atoms with E-state index >= 15 is 0 Å². The van der Waals surface area contributed by atoms with Crippen molar-refractivity contribution in [2.45, 2.75) is 6.54 Å². The third-order valence-corrected chi connectivity index (χ3v) is 4.02. The molecule has 0 aliphatic carbocycles. The molecule has 19 heavy (non-hydrogen) atoms. The molecule has 0 bridgehead atoms. The normalized spacial score (nSPS) is 10.5. The van der Waals surface area contributed by atoms with Crippen LogP contribution in [0, 0.1) is 0 Å². The van der Waals surface area contributed by atoms with Gasteiger partial charge in [0.05, 0.1) is 11.0 Å². The van der Waals surface area contributed by atoms with Gasteiger partial charge in [-0.25, -0.2) is 0 Å². The SMILES string of the molecule is O=C(Cn1cc(Br)cc(Br)c1=O)c1ccc(Br)cc1. The molecule has 0 radical (unpaired) electrons. The van der Waals surface area contributed by atoms with Gasteiger partial charge in [0, 0.05) is 20.7 Å². The summed E-state index contributed by atoms with van der Waals surface area (Å²) in [6.07, 6.45) is 1.60. The number of Topliss-reactive ketones (excluding diaryl/α,β-unsaturated/α-hetero) is 1. The molecule has 2 rings (SSSR count). The lowest BCUT2D eigenvalue weighted by Crippen LogP contribution is -2.24. The highest BCUT2D eigenvalue weighted by molar-refractivity contribution is 9.11. The highest BCUT2D eigenvalue weighted by Crippen LogP contribution is 2.14. The Balaban J connectivity index is 2.29. The molecule has 0 spiro atoms. The molecule has 0 amide bonds. The highest BCUT2D eigenvalue weighted by Gasteiger charge is 2.10. The van der Waals surface area contributed by atoms with Crippen LogP contribution in [-0.2, 0) is 6.54 Å². The van der Waals surface area contributed by atoms with Crippen molar-refractivity contribution in [1.82, 2.24) is 4.57 Å². The Morgan fingerprint density at radius 3 is 2.32 bits per heavy atom. The third kappa shape index (κ3) is 3.64. The molecule has 0 aliphatic rings. The maximum atomic E-state index is 12.1. The molecule has 0 fully saturated rings. The van der Waals surface area contributed by atoms with Crippen LogP contribution < -0.4 is 5.56 Å². The minimum absolute atomic E-state index is 0.0124. The fourth-order valence-electron chi connectivity index (χ4n) is 1.56. The number of rotatable bonds is 3. The van der Waals surface area contributed by atoms with Crippen molar-refractivity contribution in [2.75, 3.05) is 0 Å². The van der Waals surface area contributed by atoms with E-state index in [1.165, 1.54) is 4.57 Å². The molecule has 0 saturated carbocycles. The number of carbonyl (C=O) groups excluding carboxylic acids is 1. The summed E-state index contributed by atoms with van der Waals surface area (Å²) in [5.41, 5.74) is 0.347. The molecular weight excluding hydrogens is 442 g/mol. The van der Waals surface area contributed by atoms with Gasteiger partial charge >= 0.3 is 0 Å². The molecule has 0 saturated heterocycles. The summed E-state index contributed by atoms with van der Waals surface area (Å²) in [4.78, 5) is 24.0. The predicted octanol–water partition coefficient (Wildman–Crippen LogP) is 4.02. The van der Waals surface area contributed by atoms with Crippen LogP contribution in [0.15, 0.2) is 54.7 Å². The van der Waals surface area contributed by atoms with Gasteiger partial charge in [0.1, 0.15) is 0 Å². The minimum atomic E-state index is -0.228. The summed E-state index contributed by atoms with van der Waals surface area (Å²) < 4.78 is 3.44. The van der Waals surface area contributed by atoms with E-state index in [2.05, 4.69) is 47.8 Å². The Kier molecular flexibility index (Phi) is 4.76. The van der Waals surface area contributed by atoms with Crippen molar-refractivity contribution < 1.29 is 4.79 Å². The summed E-state index contributed by atoms with van der Waals surface area (Å²) in [6, 6.07) is 8.71. The molecule has 1 heterocycles. The van der Waals surface area contributed by atoms with Gasteiger partial charge in [-0.2, -0.15) is 0 Å². The summed E-state index contributed by atoms with van der Waals surface area (Å²) >= 11 is 9.78. The summed E-state index contributed by atoms with van der Waals surface area (Å²) in [5.74, 6) is -0.111. The molecule has 0 aliphatic heterocycles. The first kappa shape index (κ1) is 14.7. The van der Waals surface area contributed by atoms with Crippen LogP contribution in [0.3, 0.4) is 0 Å². The van der Waals surface area contributed by atoms with E-state index in [9.17, 15) is 9.59 Å². The van der Waals surface area contributed by atoms with Gasteiger partial charge in [-0.1, -0.05) is 28.1 Å². The van der Waals surface area contributed by atoms with Gasteiger partial charge in [0.2, 0.25) is 0 Å². The van der Waals surface area contributed by atoms with Crippen LogP contribution in [0.25, 0.3) is 0 Å². The van der Waals surface area contributed by atoms with Crippen LogP contribution in [0.5, 0.6) is 0 Å². The van der Waals surface area contributed by atoms with E-state index in [4.69, 9.17) is 0 Å². The lowest BCUT2D eigenvalue weighted by molar-refractivity contribution is 0.0970. The van der Waals surface area contributed by atoms with Gasteiger partial charge in [-0.3, -0.25) is 9.59 Å². The molecule has 1 aromatic heterocycles. The number of aromatic nitrogens is 1. The average molecular weight is 450 g/mol. The molecule has 2 aromatic rings. The fourth-order valence-corrected chi connectivity index (χ4v) is 3.09. The molecule has 0 N–H and O–H groups in total. The molecule has 3 nitrogen and oxygen atoms in total. The number of pyridine rings is 1. The Morgan fingerprint density at radius 2 is 1.68 bits per heavy atom. The second-order valence-corrected chi connectivity index (χ2v) is 6.56. The first-order valence-electron chi connectivity index (χ1n) is 5.31. The number of hydrogen-bond donors (Lipinski definition) is 0. The van der Waals surface area contributed by atoms with Crippen molar-refractivity contribution in [2.24, 2.45) is 0 Å². The van der Waals surface area contributed by atoms with Gasteiger partial charge in [0.25, 0.3) is 5.56 Å².